The quantitative estimate of drug-likeness (QED) is 0.223. The minimum absolute atomic E-state index is 0.138. The number of aryl methyl sites for hydroxylation is 2. The summed E-state index contributed by atoms with van der Waals surface area (Å²) in [5.41, 5.74) is 3.58. The Morgan fingerprint density at radius 1 is 0.816 bits per heavy atom. The molecule has 0 spiro atoms. The number of furan rings is 1. The van der Waals surface area contributed by atoms with Crippen molar-refractivity contribution in [3.05, 3.63) is 125 Å². The zero-order chi connectivity index (χ0) is 29.6. The number of benzene rings is 4. The molecule has 1 aliphatic carbocycles. The Bertz CT molecular complexity index is 2050. The molecule has 0 saturated heterocycles. The standard InChI is InChI=1S/C35H29FNO/c1-22-15-16-26-27-17-18-29(36)32(34(27)38-33(26)31(22)30-14-7-8-19-37(30)3)25-13-9-10-23-20-35(2,21-28(23)25)24-11-5-4-6-12-24/h4-19H,20-21H2,1-3H3/q+1/i20D2,21D2. The number of pyridine rings is 1. The molecule has 2 aromatic heterocycles. The molecule has 0 bridgehead atoms. The van der Waals surface area contributed by atoms with Crippen molar-refractivity contribution in [3.63, 3.8) is 0 Å². The monoisotopic (exact) mass is 502 g/mol. The van der Waals surface area contributed by atoms with Crippen LogP contribution in [0.1, 0.15) is 34.7 Å². The van der Waals surface area contributed by atoms with Gasteiger partial charge < -0.3 is 4.42 Å². The summed E-state index contributed by atoms with van der Waals surface area (Å²) in [5, 5.41) is 1.54. The number of halogens is 1. The third kappa shape index (κ3) is 3.35. The van der Waals surface area contributed by atoms with Crippen molar-refractivity contribution in [1.29, 1.82) is 0 Å². The Morgan fingerprint density at radius 3 is 2.34 bits per heavy atom. The van der Waals surface area contributed by atoms with Gasteiger partial charge in [0.15, 0.2) is 6.20 Å². The Labute approximate surface area is 227 Å². The molecule has 38 heavy (non-hydrogen) atoms. The molecule has 0 radical (unpaired) electrons. The molecule has 2 nitrogen and oxygen atoms in total. The van der Waals surface area contributed by atoms with Gasteiger partial charge in [-0.1, -0.05) is 67.6 Å². The van der Waals surface area contributed by atoms with Gasteiger partial charge in [-0.25, -0.2) is 8.96 Å². The molecule has 6 aromatic rings. The molecule has 1 atom stereocenters. The first-order valence-corrected chi connectivity index (χ1v) is 12.8. The fourth-order valence-corrected chi connectivity index (χ4v) is 5.80. The van der Waals surface area contributed by atoms with Gasteiger partial charge in [0.1, 0.15) is 24.0 Å². The highest BCUT2D eigenvalue weighted by Gasteiger charge is 2.36. The Morgan fingerprint density at radius 2 is 1.55 bits per heavy atom. The predicted molar refractivity (Wildman–Crippen MR) is 152 cm³/mol. The summed E-state index contributed by atoms with van der Waals surface area (Å²) >= 11 is 0. The van der Waals surface area contributed by atoms with Crippen LogP contribution in [0.15, 0.2) is 102 Å². The molecule has 7 rings (SSSR count). The first kappa shape index (κ1) is 18.9. The van der Waals surface area contributed by atoms with Crippen LogP contribution in [0, 0.1) is 12.7 Å². The SMILES string of the molecule is [2H]C1([2H])c2cccc(-c3c(F)ccc4c3oc3c(-c5cccc[n+]5C)c(C)ccc34)c2C([2H])([2H])C1(C)c1ccccc1. The lowest BCUT2D eigenvalue weighted by molar-refractivity contribution is -0.660. The third-order valence-corrected chi connectivity index (χ3v) is 7.72. The minimum atomic E-state index is -2.18. The summed E-state index contributed by atoms with van der Waals surface area (Å²) in [6.07, 6.45) is -2.29. The average Bonchev–Trinajstić information content (AvgIpc) is 3.40. The molecule has 1 aliphatic rings. The van der Waals surface area contributed by atoms with E-state index >= 15 is 4.39 Å². The van der Waals surface area contributed by atoms with Gasteiger partial charge in [0.25, 0.3) is 0 Å². The molecule has 0 aliphatic heterocycles. The van der Waals surface area contributed by atoms with Crippen molar-refractivity contribution in [2.24, 2.45) is 7.05 Å². The molecule has 0 amide bonds. The molecule has 1 unspecified atom stereocenters. The Kier molecular flexibility index (Phi) is 4.18. The van der Waals surface area contributed by atoms with Gasteiger partial charge in [0.05, 0.1) is 11.1 Å². The van der Waals surface area contributed by atoms with E-state index in [1.807, 2.05) is 61.1 Å². The van der Waals surface area contributed by atoms with Crippen LogP contribution in [0.25, 0.3) is 44.3 Å². The van der Waals surface area contributed by atoms with Crippen molar-refractivity contribution >= 4 is 21.9 Å². The molecule has 2 heterocycles. The van der Waals surface area contributed by atoms with Gasteiger partial charge in [0.2, 0.25) is 5.69 Å². The topological polar surface area (TPSA) is 17.0 Å². The first-order valence-electron chi connectivity index (χ1n) is 14.8. The zero-order valence-corrected chi connectivity index (χ0v) is 21.5. The summed E-state index contributed by atoms with van der Waals surface area (Å²) < 4.78 is 62.1. The van der Waals surface area contributed by atoms with E-state index in [2.05, 4.69) is 0 Å². The second kappa shape index (κ2) is 8.39. The van der Waals surface area contributed by atoms with E-state index in [0.717, 1.165) is 22.2 Å². The number of hydrogen-bond donors (Lipinski definition) is 0. The Balaban J connectivity index is 1.56. The summed E-state index contributed by atoms with van der Waals surface area (Å²) in [7, 11) is 1.97. The van der Waals surface area contributed by atoms with E-state index in [-0.39, 0.29) is 16.7 Å². The van der Waals surface area contributed by atoms with E-state index in [9.17, 15) is 5.48 Å². The minimum Gasteiger partial charge on any atom is -0.454 e. The lowest BCUT2D eigenvalue weighted by Crippen LogP contribution is -2.30. The van der Waals surface area contributed by atoms with Crippen molar-refractivity contribution in [2.45, 2.75) is 32.0 Å². The summed E-state index contributed by atoms with van der Waals surface area (Å²) in [5.74, 6) is -0.553. The van der Waals surface area contributed by atoms with Crippen molar-refractivity contribution in [1.82, 2.24) is 0 Å². The smallest absolute Gasteiger partial charge is 0.216 e. The van der Waals surface area contributed by atoms with Crippen molar-refractivity contribution in [2.75, 3.05) is 0 Å². The number of nitrogens with zero attached hydrogens (tertiary/aromatic N) is 1. The van der Waals surface area contributed by atoms with E-state index < -0.39 is 24.0 Å². The van der Waals surface area contributed by atoms with Crippen LogP contribution >= 0.6 is 0 Å². The second-order valence-corrected chi connectivity index (χ2v) is 10.2. The number of fused-ring (bicyclic) bond motifs is 4. The van der Waals surface area contributed by atoms with Crippen LogP contribution in [0.4, 0.5) is 4.39 Å². The van der Waals surface area contributed by atoms with Gasteiger partial charge in [-0.15, -0.1) is 0 Å². The summed E-state index contributed by atoms with van der Waals surface area (Å²) in [6.45, 7) is 3.64. The van der Waals surface area contributed by atoms with Gasteiger partial charge in [-0.2, -0.15) is 0 Å². The van der Waals surface area contributed by atoms with Crippen LogP contribution in [0.2, 0.25) is 0 Å². The normalized spacial score (nSPS) is 21.1. The highest BCUT2D eigenvalue weighted by molar-refractivity contribution is 6.13. The highest BCUT2D eigenvalue weighted by atomic mass is 19.1. The van der Waals surface area contributed by atoms with Crippen LogP contribution < -0.4 is 4.57 Å². The van der Waals surface area contributed by atoms with Crippen molar-refractivity contribution < 1.29 is 18.9 Å². The molecular weight excluding hydrogens is 469 g/mol. The largest absolute Gasteiger partial charge is 0.454 e. The van der Waals surface area contributed by atoms with E-state index in [4.69, 9.17) is 4.42 Å². The summed E-state index contributed by atoms with van der Waals surface area (Å²) in [4.78, 5) is 0. The molecule has 3 heteroatoms. The van der Waals surface area contributed by atoms with Crippen molar-refractivity contribution in [3.8, 4) is 22.4 Å². The van der Waals surface area contributed by atoms with Crippen LogP contribution in [-0.2, 0) is 25.2 Å². The lowest BCUT2D eigenvalue weighted by atomic mass is 9.79. The van der Waals surface area contributed by atoms with Crippen LogP contribution in [0.3, 0.4) is 0 Å². The maximum Gasteiger partial charge on any atom is 0.216 e. The van der Waals surface area contributed by atoms with Crippen LogP contribution in [-0.4, -0.2) is 0 Å². The van der Waals surface area contributed by atoms with Gasteiger partial charge in [-0.3, -0.25) is 0 Å². The summed E-state index contributed by atoms with van der Waals surface area (Å²) in [6, 6.07) is 26.9. The molecule has 4 aromatic carbocycles. The molecule has 0 N–H and O–H groups in total. The highest BCUT2D eigenvalue weighted by Crippen LogP contribution is 2.47. The first-order chi connectivity index (χ1) is 20.0. The van der Waals surface area contributed by atoms with Gasteiger partial charge >= 0.3 is 0 Å². The average molecular weight is 503 g/mol. The second-order valence-electron chi connectivity index (χ2n) is 10.2. The van der Waals surface area contributed by atoms with E-state index in [0.29, 0.717) is 27.7 Å². The number of aromatic nitrogens is 1. The fraction of sp³-hybridized carbons (Fsp3) is 0.171. The molecule has 0 fully saturated rings. The Hall–Kier alpha value is -4.24. The number of hydrogen-bond acceptors (Lipinski definition) is 1. The van der Waals surface area contributed by atoms with E-state index in [1.54, 1.807) is 55.5 Å². The zero-order valence-electron chi connectivity index (χ0n) is 25.5. The maximum absolute atomic E-state index is 16.0. The van der Waals surface area contributed by atoms with Crippen LogP contribution in [0.5, 0.6) is 0 Å². The van der Waals surface area contributed by atoms with E-state index in [1.165, 1.54) is 6.07 Å². The fourth-order valence-electron chi connectivity index (χ4n) is 5.80. The molecular formula is C35H29FNO+. The van der Waals surface area contributed by atoms with Gasteiger partial charge in [-0.05, 0) is 65.7 Å². The molecule has 186 valence electrons. The maximum atomic E-state index is 16.0. The molecule has 0 saturated carbocycles. The van der Waals surface area contributed by atoms with Gasteiger partial charge in [0, 0.05) is 33.8 Å². The predicted octanol–water partition coefficient (Wildman–Crippen LogP) is 8.25. The number of rotatable bonds is 3. The lowest BCUT2D eigenvalue weighted by Gasteiger charge is -2.24. The third-order valence-electron chi connectivity index (χ3n) is 7.72.